The Bertz CT molecular complexity index is 633. The number of amides is 1. The molecule has 2 aromatic heterocycles. The molecule has 0 radical (unpaired) electrons. The molecule has 7 nitrogen and oxygen atoms in total. The van der Waals surface area contributed by atoms with Crippen LogP contribution in [0.15, 0.2) is 18.6 Å². The highest BCUT2D eigenvalue weighted by Crippen LogP contribution is 2.20. The van der Waals surface area contributed by atoms with Crippen LogP contribution in [0.2, 0.25) is 0 Å². The normalized spacial score (nSPS) is 12.2. The average Bonchev–Trinajstić information content (AvgIpc) is 3.00. The smallest absolute Gasteiger partial charge is 0.247 e. The maximum atomic E-state index is 12.2. The number of aryl methyl sites for hydroxylation is 1. The summed E-state index contributed by atoms with van der Waals surface area (Å²) in [4.78, 5) is 27.9. The lowest BCUT2D eigenvalue weighted by molar-refractivity contribution is -0.118. The van der Waals surface area contributed by atoms with E-state index in [1.165, 1.54) is 13.1 Å². The Morgan fingerprint density at radius 3 is 2.65 bits per heavy atom. The van der Waals surface area contributed by atoms with Crippen molar-refractivity contribution in [3.05, 3.63) is 29.0 Å². The molecule has 0 aromatic carbocycles. The number of likely N-dealkylation sites (N-methyl/N-ethyl adjacent to an activating group) is 1. The molecule has 0 saturated heterocycles. The quantitative estimate of drug-likeness (QED) is 0.802. The third-order valence-electron chi connectivity index (χ3n) is 2.69. The van der Waals surface area contributed by atoms with Crippen molar-refractivity contribution >= 4 is 28.2 Å². The molecular weight excluding hydrogens is 278 g/mol. The summed E-state index contributed by atoms with van der Waals surface area (Å²) in [5, 5.41) is 10.1. The van der Waals surface area contributed by atoms with Crippen LogP contribution in [0.4, 0.5) is 5.13 Å². The minimum absolute atomic E-state index is 0.0691. The van der Waals surface area contributed by atoms with Gasteiger partial charge in [0.2, 0.25) is 5.91 Å². The Morgan fingerprint density at radius 2 is 2.15 bits per heavy atom. The van der Waals surface area contributed by atoms with E-state index in [4.69, 9.17) is 0 Å². The zero-order valence-corrected chi connectivity index (χ0v) is 12.2. The second-order valence-electron chi connectivity index (χ2n) is 4.24. The number of Topliss-reactive ketones (excluding diaryl/α,β-unsaturated/α-hetero) is 1. The fourth-order valence-corrected chi connectivity index (χ4v) is 2.43. The van der Waals surface area contributed by atoms with Gasteiger partial charge in [-0.25, -0.2) is 4.98 Å². The van der Waals surface area contributed by atoms with Gasteiger partial charge < -0.3 is 10.6 Å². The summed E-state index contributed by atoms with van der Waals surface area (Å²) in [5.41, 5.74) is 0.760. The minimum atomic E-state index is -0.520. The largest absolute Gasteiger partial charge is 0.305 e. The molecule has 1 atom stereocenters. The summed E-state index contributed by atoms with van der Waals surface area (Å²) in [5.74, 6) is -0.314. The third kappa shape index (κ3) is 3.09. The minimum Gasteiger partial charge on any atom is -0.305 e. The molecule has 0 aliphatic carbocycles. The average molecular weight is 293 g/mol. The Hall–Kier alpha value is -2.06. The highest BCUT2D eigenvalue weighted by molar-refractivity contribution is 7.17. The van der Waals surface area contributed by atoms with Gasteiger partial charge >= 0.3 is 0 Å². The summed E-state index contributed by atoms with van der Waals surface area (Å²) >= 11 is 1.16. The first-order valence-electron chi connectivity index (χ1n) is 5.94. The van der Waals surface area contributed by atoms with Crippen LogP contribution < -0.4 is 10.6 Å². The van der Waals surface area contributed by atoms with Gasteiger partial charge in [0, 0.05) is 25.7 Å². The Kier molecular flexibility index (Phi) is 4.26. The second-order valence-corrected chi connectivity index (χ2v) is 5.27. The van der Waals surface area contributed by atoms with Crippen molar-refractivity contribution in [2.75, 3.05) is 12.4 Å². The molecule has 0 aliphatic rings. The van der Waals surface area contributed by atoms with Gasteiger partial charge in [-0.15, -0.1) is 0 Å². The second kappa shape index (κ2) is 5.93. The fraction of sp³-hybridized carbons (Fsp3) is 0.333. The maximum Gasteiger partial charge on any atom is 0.247 e. The van der Waals surface area contributed by atoms with Gasteiger partial charge in [-0.3, -0.25) is 14.3 Å². The Labute approximate surface area is 120 Å². The Morgan fingerprint density at radius 1 is 1.40 bits per heavy atom. The molecule has 0 fully saturated rings. The van der Waals surface area contributed by atoms with Crippen molar-refractivity contribution < 1.29 is 9.59 Å². The third-order valence-corrected chi connectivity index (χ3v) is 3.71. The maximum absolute atomic E-state index is 12.2. The van der Waals surface area contributed by atoms with E-state index < -0.39 is 6.04 Å². The number of thiazole rings is 1. The van der Waals surface area contributed by atoms with Crippen LogP contribution in [0, 0.1) is 0 Å². The van der Waals surface area contributed by atoms with Crippen LogP contribution in [0.25, 0.3) is 0 Å². The highest BCUT2D eigenvalue weighted by Gasteiger charge is 2.21. The number of hydrogen-bond donors (Lipinski definition) is 2. The first kappa shape index (κ1) is 14.4. The molecule has 1 amide bonds. The SMILES string of the molecule is CNC(C(=O)Nc1ncc(C(C)=O)s1)c1cnn(C)c1. The summed E-state index contributed by atoms with van der Waals surface area (Å²) in [6.45, 7) is 1.46. The van der Waals surface area contributed by atoms with E-state index in [9.17, 15) is 9.59 Å². The standard InChI is InChI=1S/C12H15N5O2S/c1-7(18)9-5-14-12(20-9)16-11(19)10(13-2)8-4-15-17(3)6-8/h4-6,10,13H,1-3H3,(H,14,16,19). The monoisotopic (exact) mass is 293 g/mol. The molecule has 2 N–H and O–H groups in total. The van der Waals surface area contributed by atoms with Crippen molar-refractivity contribution in [2.45, 2.75) is 13.0 Å². The molecule has 0 aliphatic heterocycles. The first-order chi connectivity index (χ1) is 9.51. The van der Waals surface area contributed by atoms with Crippen molar-refractivity contribution in [3.8, 4) is 0 Å². The van der Waals surface area contributed by atoms with Gasteiger partial charge in [0.05, 0.1) is 17.3 Å². The number of hydrogen-bond acceptors (Lipinski definition) is 6. The molecule has 2 rings (SSSR count). The van der Waals surface area contributed by atoms with Crippen molar-refractivity contribution in [1.82, 2.24) is 20.1 Å². The first-order valence-corrected chi connectivity index (χ1v) is 6.76. The summed E-state index contributed by atoms with van der Waals surface area (Å²) in [7, 11) is 3.48. The van der Waals surface area contributed by atoms with Gasteiger partial charge in [-0.2, -0.15) is 5.10 Å². The van der Waals surface area contributed by atoms with Crippen LogP contribution >= 0.6 is 11.3 Å². The lowest BCUT2D eigenvalue weighted by atomic mass is 10.1. The van der Waals surface area contributed by atoms with E-state index >= 15 is 0 Å². The van der Waals surface area contributed by atoms with Crippen LogP contribution in [-0.4, -0.2) is 33.5 Å². The highest BCUT2D eigenvalue weighted by atomic mass is 32.1. The van der Waals surface area contributed by atoms with Gasteiger partial charge in [-0.05, 0) is 7.05 Å². The van der Waals surface area contributed by atoms with E-state index in [1.54, 1.807) is 31.2 Å². The van der Waals surface area contributed by atoms with Crippen LogP contribution in [0.5, 0.6) is 0 Å². The van der Waals surface area contributed by atoms with E-state index in [0.29, 0.717) is 10.0 Å². The van der Waals surface area contributed by atoms with Crippen LogP contribution in [-0.2, 0) is 11.8 Å². The van der Waals surface area contributed by atoms with Gasteiger partial charge in [-0.1, -0.05) is 11.3 Å². The molecule has 0 spiro atoms. The number of carbonyl (C=O) groups excluding carboxylic acids is 2. The number of nitrogens with one attached hydrogen (secondary N) is 2. The molecule has 1 unspecified atom stereocenters. The number of aromatic nitrogens is 3. The van der Waals surface area contributed by atoms with E-state index in [1.807, 2.05) is 0 Å². The summed E-state index contributed by atoms with van der Waals surface area (Å²) in [6, 6.07) is -0.520. The summed E-state index contributed by atoms with van der Waals surface area (Å²) < 4.78 is 1.63. The number of nitrogens with zero attached hydrogens (tertiary/aromatic N) is 3. The van der Waals surface area contributed by atoms with Gasteiger partial charge in [0.25, 0.3) is 0 Å². The number of anilines is 1. The van der Waals surface area contributed by atoms with Crippen molar-refractivity contribution in [3.63, 3.8) is 0 Å². The van der Waals surface area contributed by atoms with Gasteiger partial charge in [0.1, 0.15) is 6.04 Å². The molecule has 0 bridgehead atoms. The van der Waals surface area contributed by atoms with E-state index in [-0.39, 0.29) is 11.7 Å². The molecule has 2 heterocycles. The molecule has 0 saturated carbocycles. The topological polar surface area (TPSA) is 88.9 Å². The zero-order valence-electron chi connectivity index (χ0n) is 11.4. The number of rotatable bonds is 5. The van der Waals surface area contributed by atoms with E-state index in [0.717, 1.165) is 16.9 Å². The zero-order chi connectivity index (χ0) is 14.7. The van der Waals surface area contributed by atoms with Crippen LogP contribution in [0.3, 0.4) is 0 Å². The van der Waals surface area contributed by atoms with Gasteiger partial charge in [0.15, 0.2) is 10.9 Å². The van der Waals surface area contributed by atoms with Crippen molar-refractivity contribution in [2.24, 2.45) is 7.05 Å². The predicted octanol–water partition coefficient (Wildman–Crippen LogP) is 0.978. The Balaban J connectivity index is 2.11. The molecule has 8 heteroatoms. The van der Waals surface area contributed by atoms with Crippen LogP contribution in [0.1, 0.15) is 28.2 Å². The lowest BCUT2D eigenvalue weighted by Gasteiger charge is -2.12. The number of ketones is 1. The number of carbonyl (C=O) groups is 2. The van der Waals surface area contributed by atoms with Crippen molar-refractivity contribution in [1.29, 1.82) is 0 Å². The fourth-order valence-electron chi connectivity index (χ4n) is 1.71. The summed E-state index contributed by atoms with van der Waals surface area (Å²) in [6.07, 6.45) is 4.86. The van der Waals surface area contributed by atoms with E-state index in [2.05, 4.69) is 20.7 Å². The molecule has 20 heavy (non-hydrogen) atoms. The lowest BCUT2D eigenvalue weighted by Crippen LogP contribution is -2.30. The predicted molar refractivity (Wildman–Crippen MR) is 75.8 cm³/mol. The molecule has 2 aromatic rings. The molecule has 106 valence electrons. The molecular formula is C12H15N5O2S.